The molecular formula is C34H37NO4. The molecular weight excluding hydrogens is 486 g/mol. The molecule has 0 aromatic heterocycles. The van der Waals surface area contributed by atoms with Crippen LogP contribution in [0.4, 0.5) is 0 Å². The number of benzene rings is 4. The van der Waals surface area contributed by atoms with Crippen LogP contribution in [0.2, 0.25) is 0 Å². The summed E-state index contributed by atoms with van der Waals surface area (Å²) in [6, 6.07) is 30.5. The lowest BCUT2D eigenvalue weighted by atomic mass is 9.93. The molecule has 0 unspecified atom stereocenters. The summed E-state index contributed by atoms with van der Waals surface area (Å²) in [6.45, 7) is 5.72. The summed E-state index contributed by atoms with van der Waals surface area (Å²) < 4.78 is 23.5. The summed E-state index contributed by atoms with van der Waals surface area (Å²) in [5, 5.41) is 0. The van der Waals surface area contributed by atoms with E-state index in [9.17, 15) is 0 Å². The van der Waals surface area contributed by atoms with Gasteiger partial charge in [0.05, 0.1) is 14.2 Å². The average molecular weight is 524 g/mol. The lowest BCUT2D eigenvalue weighted by Gasteiger charge is -2.21. The van der Waals surface area contributed by atoms with Crippen LogP contribution >= 0.6 is 0 Å². The summed E-state index contributed by atoms with van der Waals surface area (Å²) in [7, 11) is 3.35. The molecule has 5 rings (SSSR count). The lowest BCUT2D eigenvalue weighted by Crippen LogP contribution is -2.16. The van der Waals surface area contributed by atoms with Crippen LogP contribution in [0.25, 0.3) is 0 Å². The molecule has 5 nitrogen and oxygen atoms in total. The van der Waals surface area contributed by atoms with Crippen molar-refractivity contribution in [1.29, 1.82) is 0 Å². The van der Waals surface area contributed by atoms with Gasteiger partial charge >= 0.3 is 0 Å². The maximum Gasteiger partial charge on any atom is 0.162 e. The number of methoxy groups -OCH3 is 2. The van der Waals surface area contributed by atoms with E-state index in [4.69, 9.17) is 23.9 Å². The number of rotatable bonds is 10. The Hall–Kier alpha value is -4.25. The third kappa shape index (κ3) is 7.20. The van der Waals surface area contributed by atoms with Crippen LogP contribution in [0, 0.1) is 0 Å². The van der Waals surface area contributed by atoms with E-state index in [1.165, 1.54) is 5.56 Å². The second-order valence-corrected chi connectivity index (χ2v) is 8.95. The van der Waals surface area contributed by atoms with Gasteiger partial charge in [-0.1, -0.05) is 80.6 Å². The Labute approximate surface area is 232 Å². The van der Waals surface area contributed by atoms with Gasteiger partial charge in [0.2, 0.25) is 0 Å². The fraction of sp³-hybridized carbons (Fsp3) is 0.265. The summed E-state index contributed by atoms with van der Waals surface area (Å²) in [5.74, 6) is 2.91. The van der Waals surface area contributed by atoms with Crippen LogP contribution in [-0.2, 0) is 26.1 Å². The summed E-state index contributed by atoms with van der Waals surface area (Å²) in [5.41, 5.74) is 6.70. The molecule has 0 bridgehead atoms. The summed E-state index contributed by atoms with van der Waals surface area (Å²) in [6.07, 6.45) is 1.57. The highest BCUT2D eigenvalue weighted by Crippen LogP contribution is 2.35. The molecule has 1 heterocycles. The monoisotopic (exact) mass is 523 g/mol. The van der Waals surface area contributed by atoms with Gasteiger partial charge in [-0.15, -0.1) is 0 Å². The van der Waals surface area contributed by atoms with Crippen molar-refractivity contribution in [1.82, 2.24) is 0 Å². The molecule has 4 aromatic rings. The standard InChI is InChI=1S/C32H31NO4.C2H6/c1-34-30-18-25(13-14-29(30)36-21-23-9-5-3-6-10-23)17-28-27-20-32(37-22-24-11-7-4-8-12-24)31(35-2)19-26(27)15-16-33-28;1-2/h3-14,18-20H,15-17,21-22H2,1-2H3;1-2H3. The van der Waals surface area contributed by atoms with Crippen molar-refractivity contribution in [2.45, 2.75) is 39.9 Å². The zero-order chi connectivity index (χ0) is 27.5. The summed E-state index contributed by atoms with van der Waals surface area (Å²) in [4.78, 5) is 4.88. The number of hydrogen-bond donors (Lipinski definition) is 0. The molecule has 1 aliphatic heterocycles. The lowest BCUT2D eigenvalue weighted by molar-refractivity contribution is 0.284. The van der Waals surface area contributed by atoms with Crippen molar-refractivity contribution in [3.63, 3.8) is 0 Å². The second kappa shape index (κ2) is 14.1. The molecule has 0 saturated heterocycles. The van der Waals surface area contributed by atoms with Crippen LogP contribution in [-0.4, -0.2) is 26.5 Å². The molecule has 0 atom stereocenters. The molecule has 202 valence electrons. The van der Waals surface area contributed by atoms with Gasteiger partial charge < -0.3 is 18.9 Å². The molecule has 4 aromatic carbocycles. The zero-order valence-corrected chi connectivity index (χ0v) is 23.3. The zero-order valence-electron chi connectivity index (χ0n) is 23.3. The minimum atomic E-state index is 0.476. The van der Waals surface area contributed by atoms with E-state index in [1.807, 2.05) is 74.5 Å². The Morgan fingerprint density at radius 1 is 0.615 bits per heavy atom. The van der Waals surface area contributed by atoms with Crippen molar-refractivity contribution >= 4 is 5.71 Å². The maximum absolute atomic E-state index is 6.18. The Morgan fingerprint density at radius 3 is 1.82 bits per heavy atom. The molecule has 0 fully saturated rings. The minimum absolute atomic E-state index is 0.476. The number of hydrogen-bond acceptors (Lipinski definition) is 5. The van der Waals surface area contributed by atoms with Crippen molar-refractivity contribution < 1.29 is 18.9 Å². The van der Waals surface area contributed by atoms with E-state index in [2.05, 4.69) is 30.3 Å². The first-order valence-corrected chi connectivity index (χ1v) is 13.5. The van der Waals surface area contributed by atoms with Crippen molar-refractivity contribution in [3.8, 4) is 23.0 Å². The number of fused-ring (bicyclic) bond motifs is 1. The van der Waals surface area contributed by atoms with E-state index in [-0.39, 0.29) is 0 Å². The first kappa shape index (κ1) is 27.8. The van der Waals surface area contributed by atoms with Gasteiger partial charge in [-0.3, -0.25) is 4.99 Å². The Balaban J connectivity index is 0.00000172. The smallest absolute Gasteiger partial charge is 0.162 e. The highest BCUT2D eigenvalue weighted by Gasteiger charge is 2.20. The van der Waals surface area contributed by atoms with Crippen LogP contribution in [0.15, 0.2) is 96.0 Å². The Morgan fingerprint density at radius 2 is 1.21 bits per heavy atom. The van der Waals surface area contributed by atoms with Gasteiger partial charge in [0.25, 0.3) is 0 Å². The summed E-state index contributed by atoms with van der Waals surface area (Å²) >= 11 is 0. The Kier molecular flexibility index (Phi) is 10.0. The highest BCUT2D eigenvalue weighted by molar-refractivity contribution is 6.04. The number of ether oxygens (including phenoxy) is 4. The van der Waals surface area contributed by atoms with Crippen LogP contribution in [0.5, 0.6) is 23.0 Å². The minimum Gasteiger partial charge on any atom is -0.493 e. The number of aliphatic imine (C=N–C) groups is 1. The largest absolute Gasteiger partial charge is 0.493 e. The SMILES string of the molecule is CC.COc1cc(CC2=NCCc3cc(OC)c(OCc4ccccc4)cc32)ccc1OCc1ccccc1. The van der Waals surface area contributed by atoms with Gasteiger partial charge in [-0.25, -0.2) is 0 Å². The first-order chi connectivity index (χ1) is 19.2. The topological polar surface area (TPSA) is 49.3 Å². The molecule has 0 saturated carbocycles. The van der Waals surface area contributed by atoms with Crippen molar-refractivity contribution in [2.75, 3.05) is 20.8 Å². The fourth-order valence-electron chi connectivity index (χ4n) is 4.50. The van der Waals surface area contributed by atoms with Gasteiger partial charge in [0, 0.05) is 24.2 Å². The molecule has 0 radical (unpaired) electrons. The van der Waals surface area contributed by atoms with Crippen LogP contribution in [0.3, 0.4) is 0 Å². The van der Waals surface area contributed by atoms with E-state index in [0.717, 1.165) is 58.2 Å². The van der Waals surface area contributed by atoms with Gasteiger partial charge in [0.1, 0.15) is 13.2 Å². The van der Waals surface area contributed by atoms with E-state index in [1.54, 1.807) is 14.2 Å². The molecule has 1 aliphatic rings. The second-order valence-electron chi connectivity index (χ2n) is 8.95. The predicted octanol–water partition coefficient (Wildman–Crippen LogP) is 7.48. The van der Waals surface area contributed by atoms with Crippen molar-refractivity contribution in [2.24, 2.45) is 4.99 Å². The van der Waals surface area contributed by atoms with Crippen molar-refractivity contribution in [3.05, 3.63) is 119 Å². The fourth-order valence-corrected chi connectivity index (χ4v) is 4.50. The molecule has 0 amide bonds. The molecule has 0 N–H and O–H groups in total. The third-order valence-corrected chi connectivity index (χ3v) is 6.46. The average Bonchev–Trinajstić information content (AvgIpc) is 3.01. The Bertz CT molecular complexity index is 1370. The predicted molar refractivity (Wildman–Crippen MR) is 158 cm³/mol. The molecule has 5 heteroatoms. The quantitative estimate of drug-likeness (QED) is 0.216. The van der Waals surface area contributed by atoms with Crippen LogP contribution in [0.1, 0.15) is 41.7 Å². The van der Waals surface area contributed by atoms with E-state index in [0.29, 0.717) is 25.4 Å². The third-order valence-electron chi connectivity index (χ3n) is 6.46. The molecule has 39 heavy (non-hydrogen) atoms. The van der Waals surface area contributed by atoms with E-state index >= 15 is 0 Å². The van der Waals surface area contributed by atoms with E-state index < -0.39 is 0 Å². The first-order valence-electron chi connectivity index (χ1n) is 13.5. The van der Waals surface area contributed by atoms with Gasteiger partial charge in [0.15, 0.2) is 23.0 Å². The van der Waals surface area contributed by atoms with Crippen LogP contribution < -0.4 is 18.9 Å². The van der Waals surface area contributed by atoms with Gasteiger partial charge in [-0.2, -0.15) is 0 Å². The maximum atomic E-state index is 6.18. The normalized spacial score (nSPS) is 11.8. The highest BCUT2D eigenvalue weighted by atomic mass is 16.5. The number of nitrogens with zero attached hydrogens (tertiary/aromatic N) is 1. The van der Waals surface area contributed by atoms with Gasteiger partial charge in [-0.05, 0) is 52.9 Å². The molecule has 0 aliphatic carbocycles. The molecule has 0 spiro atoms.